The van der Waals surface area contributed by atoms with Gasteiger partial charge in [-0.3, -0.25) is 4.90 Å². The largest absolute Gasteiger partial charge is 0.368 e. The first kappa shape index (κ1) is 11.4. The van der Waals surface area contributed by atoms with Crippen LogP contribution in [0.4, 0.5) is 5.82 Å². The average Bonchev–Trinajstić information content (AvgIpc) is 2.74. The first-order valence-corrected chi connectivity index (χ1v) is 6.21. The second-order valence-corrected chi connectivity index (χ2v) is 4.47. The lowest BCUT2D eigenvalue weighted by Gasteiger charge is -2.23. The molecule has 1 fully saturated rings. The van der Waals surface area contributed by atoms with Crippen molar-refractivity contribution in [3.05, 3.63) is 23.9 Å². The summed E-state index contributed by atoms with van der Waals surface area (Å²) in [6.45, 7) is 7.70. The van der Waals surface area contributed by atoms with E-state index in [1.807, 2.05) is 19.1 Å². The zero-order chi connectivity index (χ0) is 11.4. The van der Waals surface area contributed by atoms with E-state index in [1.165, 1.54) is 19.4 Å². The molecule has 88 valence electrons. The monoisotopic (exact) mass is 219 g/mol. The quantitative estimate of drug-likeness (QED) is 0.842. The minimum absolute atomic E-state index is 0.687. The lowest BCUT2D eigenvalue weighted by Crippen LogP contribution is -2.34. The van der Waals surface area contributed by atoms with Gasteiger partial charge < -0.3 is 5.32 Å². The van der Waals surface area contributed by atoms with Gasteiger partial charge in [0.15, 0.2) is 0 Å². The highest BCUT2D eigenvalue weighted by molar-refractivity contribution is 5.35. The lowest BCUT2D eigenvalue weighted by molar-refractivity contribution is 0.277. The van der Waals surface area contributed by atoms with Crippen LogP contribution in [0.25, 0.3) is 0 Å². The molecule has 2 heterocycles. The fourth-order valence-electron chi connectivity index (χ4n) is 2.41. The van der Waals surface area contributed by atoms with E-state index in [1.54, 1.807) is 0 Å². The van der Waals surface area contributed by atoms with Crippen LogP contribution in [0.5, 0.6) is 0 Å². The molecule has 3 heteroatoms. The normalized spacial score (nSPS) is 21.2. The third kappa shape index (κ3) is 2.73. The molecule has 1 atom stereocenters. The van der Waals surface area contributed by atoms with Crippen LogP contribution in [0.15, 0.2) is 18.2 Å². The number of anilines is 1. The minimum atomic E-state index is 0.687. The fraction of sp³-hybridized carbons (Fsp3) is 0.615. The van der Waals surface area contributed by atoms with Crippen molar-refractivity contribution in [1.29, 1.82) is 0 Å². The molecule has 1 aromatic heterocycles. The summed E-state index contributed by atoms with van der Waals surface area (Å²) in [6, 6.07) is 6.81. The highest BCUT2D eigenvalue weighted by Gasteiger charge is 2.22. The van der Waals surface area contributed by atoms with Crippen molar-refractivity contribution in [2.24, 2.45) is 0 Å². The molecule has 3 nitrogen and oxygen atoms in total. The van der Waals surface area contributed by atoms with Crippen molar-refractivity contribution in [2.45, 2.75) is 32.7 Å². The Labute approximate surface area is 97.9 Å². The summed E-state index contributed by atoms with van der Waals surface area (Å²) in [4.78, 5) is 7.00. The summed E-state index contributed by atoms with van der Waals surface area (Å²) in [6.07, 6.45) is 2.65. The average molecular weight is 219 g/mol. The van der Waals surface area contributed by atoms with Crippen molar-refractivity contribution in [3.63, 3.8) is 0 Å². The lowest BCUT2D eigenvalue weighted by atomic mass is 10.2. The van der Waals surface area contributed by atoms with Crippen LogP contribution < -0.4 is 5.32 Å². The topological polar surface area (TPSA) is 28.2 Å². The van der Waals surface area contributed by atoms with Crippen LogP contribution in [-0.2, 0) is 0 Å². The number of hydrogen-bond acceptors (Lipinski definition) is 3. The van der Waals surface area contributed by atoms with Crippen molar-refractivity contribution in [3.8, 4) is 0 Å². The van der Waals surface area contributed by atoms with Crippen molar-refractivity contribution >= 4 is 5.82 Å². The number of rotatable bonds is 4. The van der Waals surface area contributed by atoms with E-state index in [2.05, 4.69) is 28.2 Å². The third-order valence-corrected chi connectivity index (χ3v) is 3.31. The smallest absolute Gasteiger partial charge is 0.126 e. The molecule has 0 radical (unpaired) electrons. The second kappa shape index (κ2) is 5.30. The van der Waals surface area contributed by atoms with Crippen LogP contribution >= 0.6 is 0 Å². The molecule has 1 aromatic rings. The van der Waals surface area contributed by atoms with Gasteiger partial charge in [0.1, 0.15) is 5.82 Å². The Kier molecular flexibility index (Phi) is 3.78. The number of aromatic nitrogens is 1. The SMILES string of the molecule is CCN1CCCC1CNc1cccc(C)n1. The number of nitrogens with zero attached hydrogens (tertiary/aromatic N) is 2. The molecular weight excluding hydrogens is 198 g/mol. The molecule has 0 bridgehead atoms. The summed E-state index contributed by atoms with van der Waals surface area (Å²) >= 11 is 0. The summed E-state index contributed by atoms with van der Waals surface area (Å²) < 4.78 is 0. The fourth-order valence-corrected chi connectivity index (χ4v) is 2.41. The van der Waals surface area contributed by atoms with Crippen LogP contribution in [0.3, 0.4) is 0 Å². The predicted octanol–water partition coefficient (Wildman–Crippen LogP) is 2.29. The maximum atomic E-state index is 4.46. The molecule has 2 rings (SSSR count). The van der Waals surface area contributed by atoms with Crippen LogP contribution in [0.2, 0.25) is 0 Å². The predicted molar refractivity (Wildman–Crippen MR) is 67.7 cm³/mol. The number of hydrogen-bond donors (Lipinski definition) is 1. The molecule has 0 aliphatic carbocycles. The maximum absolute atomic E-state index is 4.46. The summed E-state index contributed by atoms with van der Waals surface area (Å²) in [7, 11) is 0. The van der Waals surface area contributed by atoms with E-state index >= 15 is 0 Å². The highest BCUT2D eigenvalue weighted by Crippen LogP contribution is 2.17. The van der Waals surface area contributed by atoms with E-state index in [4.69, 9.17) is 0 Å². The molecule has 1 aliphatic heterocycles. The van der Waals surface area contributed by atoms with Crippen molar-refractivity contribution in [1.82, 2.24) is 9.88 Å². The number of likely N-dealkylation sites (tertiary alicyclic amines) is 1. The zero-order valence-electron chi connectivity index (χ0n) is 10.2. The second-order valence-electron chi connectivity index (χ2n) is 4.47. The van der Waals surface area contributed by atoms with Crippen LogP contribution in [0.1, 0.15) is 25.5 Å². The standard InChI is InChI=1S/C13H21N3/c1-3-16-9-5-7-12(16)10-14-13-8-4-6-11(2)15-13/h4,6,8,12H,3,5,7,9-10H2,1-2H3,(H,14,15). The van der Waals surface area contributed by atoms with Gasteiger partial charge in [0.2, 0.25) is 0 Å². The zero-order valence-corrected chi connectivity index (χ0v) is 10.2. The van der Waals surface area contributed by atoms with Gasteiger partial charge in [-0.25, -0.2) is 4.98 Å². The Balaban J connectivity index is 1.87. The Morgan fingerprint density at radius 1 is 1.50 bits per heavy atom. The third-order valence-electron chi connectivity index (χ3n) is 3.31. The first-order valence-electron chi connectivity index (χ1n) is 6.21. The van der Waals surface area contributed by atoms with E-state index in [9.17, 15) is 0 Å². The number of nitrogens with one attached hydrogen (secondary N) is 1. The molecule has 16 heavy (non-hydrogen) atoms. The molecule has 0 aromatic carbocycles. The van der Waals surface area contributed by atoms with Gasteiger partial charge in [0.25, 0.3) is 0 Å². The van der Waals surface area contributed by atoms with E-state index in [0.29, 0.717) is 6.04 Å². The van der Waals surface area contributed by atoms with Gasteiger partial charge >= 0.3 is 0 Å². The van der Waals surface area contributed by atoms with E-state index < -0.39 is 0 Å². The molecule has 0 saturated carbocycles. The van der Waals surface area contributed by atoms with Gasteiger partial charge in [-0.05, 0) is 45.0 Å². The molecule has 0 spiro atoms. The molecule has 1 N–H and O–H groups in total. The maximum Gasteiger partial charge on any atom is 0.126 e. The van der Waals surface area contributed by atoms with Crippen LogP contribution in [-0.4, -0.2) is 35.6 Å². The van der Waals surface area contributed by atoms with Crippen molar-refractivity contribution < 1.29 is 0 Å². The van der Waals surface area contributed by atoms with Gasteiger partial charge in [0, 0.05) is 18.3 Å². The Morgan fingerprint density at radius 3 is 3.12 bits per heavy atom. The van der Waals surface area contributed by atoms with Gasteiger partial charge in [-0.2, -0.15) is 0 Å². The Morgan fingerprint density at radius 2 is 2.38 bits per heavy atom. The number of aryl methyl sites for hydroxylation is 1. The molecule has 1 saturated heterocycles. The van der Waals surface area contributed by atoms with Crippen molar-refractivity contribution in [2.75, 3.05) is 25.0 Å². The molecular formula is C13H21N3. The first-order chi connectivity index (χ1) is 7.79. The molecule has 0 amide bonds. The van der Waals surface area contributed by atoms with Gasteiger partial charge in [0.05, 0.1) is 0 Å². The highest BCUT2D eigenvalue weighted by atomic mass is 15.2. The summed E-state index contributed by atoms with van der Waals surface area (Å²) in [5.41, 5.74) is 1.07. The van der Waals surface area contributed by atoms with Gasteiger partial charge in [-0.1, -0.05) is 13.0 Å². The summed E-state index contributed by atoms with van der Waals surface area (Å²) in [5.74, 6) is 1.00. The minimum Gasteiger partial charge on any atom is -0.368 e. The number of pyridine rings is 1. The summed E-state index contributed by atoms with van der Waals surface area (Å²) in [5, 5.41) is 3.44. The Bertz CT molecular complexity index is 338. The van der Waals surface area contributed by atoms with Gasteiger partial charge in [-0.15, -0.1) is 0 Å². The van der Waals surface area contributed by atoms with Crippen LogP contribution in [0, 0.1) is 6.92 Å². The van der Waals surface area contributed by atoms with E-state index in [-0.39, 0.29) is 0 Å². The van der Waals surface area contributed by atoms with E-state index in [0.717, 1.165) is 24.6 Å². The molecule has 1 aliphatic rings. The molecule has 1 unspecified atom stereocenters. The number of likely N-dealkylation sites (N-methyl/N-ethyl adjacent to an activating group) is 1. The Hall–Kier alpha value is -1.09.